The standard InChI is InChI=1S/C10H16F3N3O2/c1-6-8(9(18-3)16(2)15-6)7(4-17)14-5-10(11,12)13/h7,14,17H,4-5H2,1-3H3. The van der Waals surface area contributed by atoms with E-state index in [4.69, 9.17) is 4.74 Å². The lowest BCUT2D eigenvalue weighted by Gasteiger charge is -2.18. The molecule has 0 radical (unpaired) electrons. The quantitative estimate of drug-likeness (QED) is 0.833. The van der Waals surface area contributed by atoms with Crippen molar-refractivity contribution in [1.82, 2.24) is 15.1 Å². The SMILES string of the molecule is COc1c(C(CO)NCC(F)(F)F)c(C)nn1C. The van der Waals surface area contributed by atoms with E-state index in [9.17, 15) is 18.3 Å². The summed E-state index contributed by atoms with van der Waals surface area (Å²) >= 11 is 0. The molecule has 18 heavy (non-hydrogen) atoms. The summed E-state index contributed by atoms with van der Waals surface area (Å²) in [5.41, 5.74) is 0.954. The van der Waals surface area contributed by atoms with Gasteiger partial charge in [0, 0.05) is 7.05 Å². The van der Waals surface area contributed by atoms with Crippen molar-refractivity contribution >= 4 is 0 Å². The lowest BCUT2D eigenvalue weighted by molar-refractivity contribution is -0.126. The normalized spacial score (nSPS) is 13.7. The number of ether oxygens (including phenoxy) is 1. The summed E-state index contributed by atoms with van der Waals surface area (Å²) in [5.74, 6) is 0.334. The first-order valence-corrected chi connectivity index (χ1v) is 5.28. The summed E-state index contributed by atoms with van der Waals surface area (Å²) in [4.78, 5) is 0. The number of aliphatic hydroxyl groups is 1. The Kier molecular flexibility index (Phi) is 4.58. The average molecular weight is 267 g/mol. The summed E-state index contributed by atoms with van der Waals surface area (Å²) in [6.45, 7) is -0.00945. The number of hydrogen-bond acceptors (Lipinski definition) is 4. The van der Waals surface area contributed by atoms with Crippen molar-refractivity contribution in [3.8, 4) is 5.88 Å². The molecule has 0 bridgehead atoms. The van der Waals surface area contributed by atoms with Crippen LogP contribution < -0.4 is 10.1 Å². The van der Waals surface area contributed by atoms with Crippen LogP contribution in [0.25, 0.3) is 0 Å². The number of nitrogens with one attached hydrogen (secondary N) is 1. The van der Waals surface area contributed by atoms with Gasteiger partial charge >= 0.3 is 6.18 Å². The topological polar surface area (TPSA) is 59.3 Å². The Labute approximate surface area is 103 Å². The minimum atomic E-state index is -4.34. The second-order valence-electron chi connectivity index (χ2n) is 3.86. The van der Waals surface area contributed by atoms with E-state index in [1.54, 1.807) is 14.0 Å². The molecule has 0 saturated heterocycles. The number of hydrogen-bond donors (Lipinski definition) is 2. The summed E-state index contributed by atoms with van der Waals surface area (Å²) in [6.07, 6.45) is -4.34. The van der Waals surface area contributed by atoms with Gasteiger partial charge in [0.15, 0.2) is 0 Å². The lowest BCUT2D eigenvalue weighted by Crippen LogP contribution is -2.34. The Bertz CT molecular complexity index is 404. The molecule has 8 heteroatoms. The average Bonchev–Trinajstić information content (AvgIpc) is 2.53. The zero-order valence-corrected chi connectivity index (χ0v) is 10.4. The first-order valence-electron chi connectivity index (χ1n) is 5.28. The predicted octanol–water partition coefficient (Wildman–Crippen LogP) is 0.922. The van der Waals surface area contributed by atoms with E-state index >= 15 is 0 Å². The first-order chi connectivity index (χ1) is 8.30. The summed E-state index contributed by atoms with van der Waals surface area (Å²) in [5, 5.41) is 15.5. The van der Waals surface area contributed by atoms with Gasteiger partial charge in [-0.05, 0) is 6.92 Å². The molecule has 1 aromatic heterocycles. The van der Waals surface area contributed by atoms with E-state index in [2.05, 4.69) is 10.4 Å². The van der Waals surface area contributed by atoms with Crippen LogP contribution in [0.15, 0.2) is 0 Å². The third-order valence-corrected chi connectivity index (χ3v) is 2.49. The van der Waals surface area contributed by atoms with Gasteiger partial charge in [0.25, 0.3) is 0 Å². The van der Waals surface area contributed by atoms with E-state index < -0.39 is 25.4 Å². The lowest BCUT2D eigenvalue weighted by atomic mass is 10.1. The molecule has 0 aromatic carbocycles. The molecule has 1 aromatic rings. The minimum absolute atomic E-state index is 0.334. The van der Waals surface area contributed by atoms with Crippen LogP contribution in [0.2, 0.25) is 0 Å². The van der Waals surface area contributed by atoms with Gasteiger partial charge in [0.1, 0.15) is 0 Å². The number of aryl methyl sites for hydroxylation is 2. The van der Waals surface area contributed by atoms with E-state index in [0.29, 0.717) is 17.1 Å². The summed E-state index contributed by atoms with van der Waals surface area (Å²) in [7, 11) is 3.02. The molecule has 0 saturated carbocycles. The minimum Gasteiger partial charge on any atom is -0.481 e. The van der Waals surface area contributed by atoms with Gasteiger partial charge in [-0.2, -0.15) is 18.3 Å². The highest BCUT2D eigenvalue weighted by Gasteiger charge is 2.30. The fraction of sp³-hybridized carbons (Fsp3) is 0.700. The van der Waals surface area contributed by atoms with Gasteiger partial charge in [-0.1, -0.05) is 0 Å². The molecule has 1 atom stereocenters. The Balaban J connectivity index is 2.95. The van der Waals surface area contributed by atoms with Gasteiger partial charge in [0.2, 0.25) is 5.88 Å². The van der Waals surface area contributed by atoms with Crippen molar-refractivity contribution in [1.29, 1.82) is 0 Å². The van der Waals surface area contributed by atoms with Crippen molar-refractivity contribution in [2.75, 3.05) is 20.3 Å². The molecule has 2 N–H and O–H groups in total. The number of halogens is 3. The predicted molar refractivity (Wildman–Crippen MR) is 58.4 cm³/mol. The Morgan fingerprint density at radius 1 is 1.50 bits per heavy atom. The van der Waals surface area contributed by atoms with Gasteiger partial charge in [-0.25, -0.2) is 4.68 Å². The molecule has 0 spiro atoms. The first kappa shape index (κ1) is 14.8. The Morgan fingerprint density at radius 3 is 2.56 bits per heavy atom. The Morgan fingerprint density at radius 2 is 2.11 bits per heavy atom. The van der Waals surface area contributed by atoms with Crippen LogP contribution in [0.1, 0.15) is 17.3 Å². The number of rotatable bonds is 5. The molecule has 0 aliphatic rings. The summed E-state index contributed by atoms with van der Waals surface area (Å²) in [6, 6.07) is -0.865. The smallest absolute Gasteiger partial charge is 0.401 e. The molecule has 0 amide bonds. The monoisotopic (exact) mass is 267 g/mol. The molecule has 0 aliphatic carbocycles. The molecule has 1 unspecified atom stereocenters. The van der Waals surface area contributed by atoms with Crippen LogP contribution >= 0.6 is 0 Å². The molecule has 1 rings (SSSR count). The number of aliphatic hydroxyl groups excluding tert-OH is 1. The van der Waals surface area contributed by atoms with Gasteiger partial charge in [0.05, 0.1) is 37.6 Å². The van der Waals surface area contributed by atoms with E-state index in [1.165, 1.54) is 11.8 Å². The van der Waals surface area contributed by atoms with Gasteiger partial charge < -0.3 is 9.84 Å². The van der Waals surface area contributed by atoms with Crippen molar-refractivity contribution in [2.45, 2.75) is 19.1 Å². The van der Waals surface area contributed by atoms with Gasteiger partial charge in [-0.3, -0.25) is 5.32 Å². The number of alkyl halides is 3. The largest absolute Gasteiger partial charge is 0.481 e. The van der Waals surface area contributed by atoms with Crippen LogP contribution in [-0.2, 0) is 7.05 Å². The van der Waals surface area contributed by atoms with E-state index in [-0.39, 0.29) is 0 Å². The second-order valence-corrected chi connectivity index (χ2v) is 3.86. The molecule has 1 heterocycles. The number of nitrogens with zero attached hydrogens (tertiary/aromatic N) is 2. The van der Waals surface area contributed by atoms with E-state index in [0.717, 1.165) is 0 Å². The molecule has 104 valence electrons. The highest BCUT2D eigenvalue weighted by atomic mass is 19.4. The van der Waals surface area contributed by atoms with Crippen molar-refractivity contribution in [2.24, 2.45) is 7.05 Å². The zero-order valence-electron chi connectivity index (χ0n) is 10.4. The fourth-order valence-electron chi connectivity index (χ4n) is 1.79. The fourth-order valence-corrected chi connectivity index (χ4v) is 1.79. The molecular formula is C10H16F3N3O2. The van der Waals surface area contributed by atoms with E-state index in [1.807, 2.05) is 0 Å². The maximum Gasteiger partial charge on any atom is 0.401 e. The van der Waals surface area contributed by atoms with Crippen molar-refractivity contribution in [3.05, 3.63) is 11.3 Å². The Hall–Kier alpha value is -1.28. The van der Waals surface area contributed by atoms with Crippen molar-refractivity contribution in [3.63, 3.8) is 0 Å². The van der Waals surface area contributed by atoms with Crippen LogP contribution in [0.4, 0.5) is 13.2 Å². The van der Waals surface area contributed by atoms with Gasteiger partial charge in [-0.15, -0.1) is 0 Å². The number of aromatic nitrogens is 2. The maximum absolute atomic E-state index is 12.2. The zero-order chi connectivity index (χ0) is 13.9. The second kappa shape index (κ2) is 5.57. The van der Waals surface area contributed by atoms with Crippen molar-refractivity contribution < 1.29 is 23.0 Å². The summed E-state index contributed by atoms with van der Waals surface area (Å²) < 4.78 is 43.0. The highest BCUT2D eigenvalue weighted by Crippen LogP contribution is 2.28. The molecule has 0 fully saturated rings. The molecule has 5 nitrogen and oxygen atoms in total. The van der Waals surface area contributed by atoms with Crippen LogP contribution in [0.3, 0.4) is 0 Å². The number of methoxy groups -OCH3 is 1. The third kappa shape index (κ3) is 3.36. The third-order valence-electron chi connectivity index (χ3n) is 2.49. The molecular weight excluding hydrogens is 251 g/mol. The maximum atomic E-state index is 12.2. The van der Waals surface area contributed by atoms with Crippen LogP contribution in [-0.4, -0.2) is 41.3 Å². The van der Waals surface area contributed by atoms with Crippen LogP contribution in [0, 0.1) is 6.92 Å². The highest BCUT2D eigenvalue weighted by molar-refractivity contribution is 5.34. The van der Waals surface area contributed by atoms with Crippen LogP contribution in [0.5, 0.6) is 5.88 Å². The molecule has 0 aliphatic heterocycles.